The highest BCUT2D eigenvalue weighted by atomic mass is 19.1. The number of para-hydroxylation sites is 1. The SMILES string of the molecule is O=C1CN=C(Nc2ccc(F)cc2)N1c1ccccc1. The molecule has 0 aliphatic carbocycles. The summed E-state index contributed by atoms with van der Waals surface area (Å²) in [7, 11) is 0. The Bertz CT molecular complexity index is 653. The number of carbonyl (C=O) groups excluding carboxylic acids is 1. The van der Waals surface area contributed by atoms with Crippen molar-refractivity contribution in [1.82, 2.24) is 0 Å². The number of aliphatic imine (C=N–C) groups is 1. The van der Waals surface area contributed by atoms with Crippen molar-refractivity contribution >= 4 is 23.2 Å². The van der Waals surface area contributed by atoms with Crippen molar-refractivity contribution in [3.05, 3.63) is 60.4 Å². The van der Waals surface area contributed by atoms with Crippen LogP contribution in [0.4, 0.5) is 15.8 Å². The molecular weight excluding hydrogens is 257 g/mol. The molecule has 1 aliphatic heterocycles. The lowest BCUT2D eigenvalue weighted by Gasteiger charge is -2.19. The van der Waals surface area contributed by atoms with Gasteiger partial charge in [0.2, 0.25) is 5.96 Å². The molecule has 1 aliphatic rings. The second kappa shape index (κ2) is 5.13. The zero-order chi connectivity index (χ0) is 13.9. The highest BCUT2D eigenvalue weighted by Crippen LogP contribution is 2.19. The van der Waals surface area contributed by atoms with Crippen LogP contribution in [0, 0.1) is 5.82 Å². The number of amides is 1. The Morgan fingerprint density at radius 2 is 1.75 bits per heavy atom. The summed E-state index contributed by atoms with van der Waals surface area (Å²) in [5, 5.41) is 3.04. The average molecular weight is 269 g/mol. The number of hydrogen-bond donors (Lipinski definition) is 1. The molecule has 1 N–H and O–H groups in total. The van der Waals surface area contributed by atoms with Gasteiger partial charge in [0.1, 0.15) is 12.4 Å². The smallest absolute Gasteiger partial charge is 0.255 e. The number of hydrogen-bond acceptors (Lipinski definition) is 3. The molecule has 0 radical (unpaired) electrons. The van der Waals surface area contributed by atoms with Crippen LogP contribution in [0.3, 0.4) is 0 Å². The molecule has 4 nitrogen and oxygen atoms in total. The van der Waals surface area contributed by atoms with Crippen molar-refractivity contribution in [2.75, 3.05) is 16.8 Å². The summed E-state index contributed by atoms with van der Waals surface area (Å²) in [6, 6.07) is 15.2. The maximum absolute atomic E-state index is 12.9. The van der Waals surface area contributed by atoms with E-state index < -0.39 is 0 Å². The zero-order valence-corrected chi connectivity index (χ0v) is 10.6. The Kier molecular flexibility index (Phi) is 3.16. The number of rotatable bonds is 2. The summed E-state index contributed by atoms with van der Waals surface area (Å²) in [6.45, 7) is 0.110. The molecular formula is C15H12FN3O. The Morgan fingerprint density at radius 1 is 1.05 bits per heavy atom. The van der Waals surface area contributed by atoms with E-state index in [1.807, 2.05) is 30.3 Å². The Balaban J connectivity index is 1.85. The maximum atomic E-state index is 12.9. The normalized spacial score (nSPS) is 14.3. The summed E-state index contributed by atoms with van der Waals surface area (Å²) in [5.74, 6) is 0.0496. The highest BCUT2D eigenvalue weighted by Gasteiger charge is 2.26. The second-order valence-corrected chi connectivity index (χ2v) is 4.34. The van der Waals surface area contributed by atoms with Crippen molar-refractivity contribution in [2.24, 2.45) is 4.99 Å². The minimum atomic E-state index is -0.306. The Morgan fingerprint density at radius 3 is 2.45 bits per heavy atom. The van der Waals surface area contributed by atoms with E-state index in [0.29, 0.717) is 11.6 Å². The second-order valence-electron chi connectivity index (χ2n) is 4.34. The van der Waals surface area contributed by atoms with E-state index in [2.05, 4.69) is 10.3 Å². The first-order valence-electron chi connectivity index (χ1n) is 6.19. The first kappa shape index (κ1) is 12.3. The summed E-state index contributed by atoms with van der Waals surface area (Å²) in [4.78, 5) is 17.6. The van der Waals surface area contributed by atoms with Crippen molar-refractivity contribution < 1.29 is 9.18 Å². The van der Waals surface area contributed by atoms with Gasteiger partial charge in [-0.2, -0.15) is 0 Å². The van der Waals surface area contributed by atoms with Crippen LogP contribution >= 0.6 is 0 Å². The standard InChI is InChI=1S/C15H12FN3O/c16-11-6-8-12(9-7-11)18-15-17-10-14(20)19(15)13-4-2-1-3-5-13/h1-9H,10H2,(H,17,18). The third-order valence-corrected chi connectivity index (χ3v) is 2.94. The lowest BCUT2D eigenvalue weighted by Crippen LogP contribution is -2.36. The van der Waals surface area contributed by atoms with Crippen LogP contribution in [-0.2, 0) is 4.79 Å². The number of carbonyl (C=O) groups is 1. The first-order chi connectivity index (χ1) is 9.74. The molecule has 100 valence electrons. The van der Waals surface area contributed by atoms with Gasteiger partial charge in [0.15, 0.2) is 0 Å². The van der Waals surface area contributed by atoms with E-state index in [1.165, 1.54) is 17.0 Å². The molecule has 2 aromatic rings. The quantitative estimate of drug-likeness (QED) is 0.911. The van der Waals surface area contributed by atoms with Gasteiger partial charge in [-0.3, -0.25) is 4.79 Å². The first-order valence-corrected chi connectivity index (χ1v) is 6.19. The Labute approximate surface area is 115 Å². The predicted molar refractivity (Wildman–Crippen MR) is 76.3 cm³/mol. The van der Waals surface area contributed by atoms with E-state index in [-0.39, 0.29) is 18.3 Å². The fourth-order valence-corrected chi connectivity index (χ4v) is 2.00. The van der Waals surface area contributed by atoms with Crippen LogP contribution in [0.2, 0.25) is 0 Å². The largest absolute Gasteiger partial charge is 0.326 e. The molecule has 1 amide bonds. The molecule has 0 atom stereocenters. The summed E-state index contributed by atoms with van der Waals surface area (Å²) < 4.78 is 12.9. The number of nitrogens with one attached hydrogen (secondary N) is 1. The van der Waals surface area contributed by atoms with Crippen LogP contribution < -0.4 is 10.2 Å². The van der Waals surface area contributed by atoms with E-state index in [0.717, 1.165) is 5.69 Å². The van der Waals surface area contributed by atoms with Gasteiger partial charge in [-0.1, -0.05) is 18.2 Å². The average Bonchev–Trinajstić information content (AvgIpc) is 2.83. The minimum Gasteiger partial charge on any atom is -0.326 e. The third-order valence-electron chi connectivity index (χ3n) is 2.94. The van der Waals surface area contributed by atoms with Crippen molar-refractivity contribution in [3.8, 4) is 0 Å². The van der Waals surface area contributed by atoms with Crippen LogP contribution in [0.1, 0.15) is 0 Å². The molecule has 3 rings (SSSR count). The van der Waals surface area contributed by atoms with E-state index >= 15 is 0 Å². The van der Waals surface area contributed by atoms with Gasteiger partial charge in [-0.25, -0.2) is 14.3 Å². The van der Waals surface area contributed by atoms with Gasteiger partial charge in [0.05, 0.1) is 5.69 Å². The van der Waals surface area contributed by atoms with Crippen LogP contribution in [0.15, 0.2) is 59.6 Å². The zero-order valence-electron chi connectivity index (χ0n) is 10.6. The molecule has 20 heavy (non-hydrogen) atoms. The molecule has 0 aromatic heterocycles. The van der Waals surface area contributed by atoms with Crippen molar-refractivity contribution in [3.63, 3.8) is 0 Å². The molecule has 0 saturated carbocycles. The molecule has 5 heteroatoms. The molecule has 1 heterocycles. The summed E-state index contributed by atoms with van der Waals surface area (Å²) >= 11 is 0. The fraction of sp³-hybridized carbons (Fsp3) is 0.0667. The third kappa shape index (κ3) is 2.38. The molecule has 0 fully saturated rings. The topological polar surface area (TPSA) is 44.7 Å². The number of benzene rings is 2. The minimum absolute atomic E-state index is 0.0965. The van der Waals surface area contributed by atoms with Gasteiger partial charge >= 0.3 is 0 Å². The monoisotopic (exact) mass is 269 g/mol. The molecule has 2 aromatic carbocycles. The number of guanidine groups is 1. The highest BCUT2D eigenvalue weighted by molar-refractivity contribution is 6.24. The van der Waals surface area contributed by atoms with E-state index in [1.54, 1.807) is 12.1 Å². The molecule has 0 saturated heterocycles. The van der Waals surface area contributed by atoms with Gasteiger partial charge in [-0.05, 0) is 36.4 Å². The fourth-order valence-electron chi connectivity index (χ4n) is 2.00. The molecule has 0 bridgehead atoms. The van der Waals surface area contributed by atoms with Gasteiger partial charge in [0, 0.05) is 5.69 Å². The molecule has 0 unspecified atom stereocenters. The maximum Gasteiger partial charge on any atom is 0.255 e. The van der Waals surface area contributed by atoms with Crippen LogP contribution in [-0.4, -0.2) is 18.4 Å². The van der Waals surface area contributed by atoms with Crippen molar-refractivity contribution in [1.29, 1.82) is 0 Å². The summed E-state index contributed by atoms with van der Waals surface area (Å²) in [5.41, 5.74) is 1.43. The predicted octanol–water partition coefficient (Wildman–Crippen LogP) is 2.64. The van der Waals surface area contributed by atoms with Crippen LogP contribution in [0.25, 0.3) is 0 Å². The van der Waals surface area contributed by atoms with Crippen molar-refractivity contribution in [2.45, 2.75) is 0 Å². The van der Waals surface area contributed by atoms with Gasteiger partial charge in [0.25, 0.3) is 5.91 Å². The van der Waals surface area contributed by atoms with E-state index in [9.17, 15) is 9.18 Å². The lowest BCUT2D eigenvalue weighted by atomic mass is 10.3. The van der Waals surface area contributed by atoms with Crippen LogP contribution in [0.5, 0.6) is 0 Å². The number of anilines is 2. The van der Waals surface area contributed by atoms with Gasteiger partial charge in [-0.15, -0.1) is 0 Å². The molecule has 0 spiro atoms. The summed E-state index contributed by atoms with van der Waals surface area (Å²) in [6.07, 6.45) is 0. The number of nitrogens with zero attached hydrogens (tertiary/aromatic N) is 2. The lowest BCUT2D eigenvalue weighted by molar-refractivity contribution is -0.115. The van der Waals surface area contributed by atoms with Gasteiger partial charge < -0.3 is 5.32 Å². The van der Waals surface area contributed by atoms with E-state index in [4.69, 9.17) is 0 Å². The Hall–Kier alpha value is -2.69. The number of halogens is 1.